The lowest BCUT2D eigenvalue weighted by molar-refractivity contribution is -0.139. The van der Waals surface area contributed by atoms with Crippen molar-refractivity contribution < 1.29 is 9.53 Å². The number of ether oxygens (including phenoxy) is 1. The largest absolute Gasteiger partial charge is 0.462 e. The first kappa shape index (κ1) is 12.2. The zero-order chi connectivity index (χ0) is 10.1. The van der Waals surface area contributed by atoms with Crippen LogP contribution in [-0.2, 0) is 9.53 Å². The molecule has 2 heteroatoms. The Morgan fingerprint density at radius 3 is 2.46 bits per heavy atom. The molecule has 2 nitrogen and oxygen atoms in total. The standard InChI is InChI=1S/C11H20O2/c1-4-6-7-8-10(3)11(12)13-9-5-2/h3-9H2,1-2H3. The lowest BCUT2D eigenvalue weighted by Crippen LogP contribution is -2.07. The van der Waals surface area contributed by atoms with E-state index in [9.17, 15) is 4.79 Å². The molecule has 0 N–H and O–H groups in total. The molecule has 0 aromatic heterocycles. The fourth-order valence-electron chi connectivity index (χ4n) is 0.987. The van der Waals surface area contributed by atoms with Crippen molar-refractivity contribution in [2.24, 2.45) is 0 Å². The summed E-state index contributed by atoms with van der Waals surface area (Å²) in [6.07, 6.45) is 5.00. The Balaban J connectivity index is 3.51. The minimum absolute atomic E-state index is 0.224. The number of hydrogen-bond donors (Lipinski definition) is 0. The van der Waals surface area contributed by atoms with Crippen LogP contribution >= 0.6 is 0 Å². The molecular formula is C11H20O2. The zero-order valence-corrected chi connectivity index (χ0v) is 8.77. The second-order valence-electron chi connectivity index (χ2n) is 3.20. The van der Waals surface area contributed by atoms with Crippen LogP contribution in [0.4, 0.5) is 0 Å². The van der Waals surface area contributed by atoms with Gasteiger partial charge in [0.2, 0.25) is 0 Å². The highest BCUT2D eigenvalue weighted by molar-refractivity contribution is 5.87. The smallest absolute Gasteiger partial charge is 0.333 e. The summed E-state index contributed by atoms with van der Waals surface area (Å²) in [6, 6.07) is 0. The average molecular weight is 184 g/mol. The molecule has 0 aromatic carbocycles. The van der Waals surface area contributed by atoms with Gasteiger partial charge in [0, 0.05) is 5.57 Å². The van der Waals surface area contributed by atoms with E-state index in [2.05, 4.69) is 13.5 Å². The number of unbranched alkanes of at least 4 members (excludes halogenated alkanes) is 2. The molecule has 0 radical (unpaired) electrons. The van der Waals surface area contributed by atoms with E-state index < -0.39 is 0 Å². The SMILES string of the molecule is C=C(CCCCC)C(=O)OCCC. The van der Waals surface area contributed by atoms with Crippen LogP contribution in [0, 0.1) is 0 Å². The third kappa shape index (κ3) is 6.38. The Hall–Kier alpha value is -0.790. The van der Waals surface area contributed by atoms with E-state index in [1.807, 2.05) is 6.92 Å². The number of hydrogen-bond acceptors (Lipinski definition) is 2. The second-order valence-corrected chi connectivity index (χ2v) is 3.20. The molecule has 0 aromatic rings. The van der Waals surface area contributed by atoms with Gasteiger partial charge in [0.25, 0.3) is 0 Å². The molecule has 0 heterocycles. The van der Waals surface area contributed by atoms with E-state index in [0.717, 1.165) is 32.1 Å². The molecule has 0 atom stereocenters. The van der Waals surface area contributed by atoms with Crippen LogP contribution in [-0.4, -0.2) is 12.6 Å². The predicted molar refractivity (Wildman–Crippen MR) is 54.5 cm³/mol. The molecule has 0 bridgehead atoms. The van der Waals surface area contributed by atoms with Gasteiger partial charge in [-0.1, -0.05) is 33.3 Å². The topological polar surface area (TPSA) is 26.3 Å². The van der Waals surface area contributed by atoms with E-state index in [0.29, 0.717) is 12.2 Å². The van der Waals surface area contributed by atoms with Gasteiger partial charge in [0.1, 0.15) is 0 Å². The van der Waals surface area contributed by atoms with Gasteiger partial charge < -0.3 is 4.74 Å². The first-order valence-corrected chi connectivity index (χ1v) is 5.07. The summed E-state index contributed by atoms with van der Waals surface area (Å²) in [5.41, 5.74) is 0.613. The Bertz CT molecular complexity index is 161. The van der Waals surface area contributed by atoms with Crippen LogP contribution in [0.5, 0.6) is 0 Å². The van der Waals surface area contributed by atoms with Crippen molar-refractivity contribution in [2.75, 3.05) is 6.61 Å². The fraction of sp³-hybridized carbons (Fsp3) is 0.727. The van der Waals surface area contributed by atoms with Crippen molar-refractivity contribution in [1.29, 1.82) is 0 Å². The van der Waals surface area contributed by atoms with Crippen LogP contribution in [0.2, 0.25) is 0 Å². The van der Waals surface area contributed by atoms with E-state index in [4.69, 9.17) is 4.74 Å². The van der Waals surface area contributed by atoms with Crippen LogP contribution in [0.15, 0.2) is 12.2 Å². The molecular weight excluding hydrogens is 164 g/mol. The maximum absolute atomic E-state index is 11.2. The monoisotopic (exact) mass is 184 g/mol. The zero-order valence-electron chi connectivity index (χ0n) is 8.77. The van der Waals surface area contributed by atoms with Gasteiger partial charge in [-0.2, -0.15) is 0 Å². The van der Waals surface area contributed by atoms with E-state index in [1.54, 1.807) is 0 Å². The third-order valence-corrected chi connectivity index (χ3v) is 1.81. The third-order valence-electron chi connectivity index (χ3n) is 1.81. The maximum atomic E-state index is 11.2. The highest BCUT2D eigenvalue weighted by Gasteiger charge is 2.06. The second kappa shape index (κ2) is 7.84. The molecule has 0 aliphatic heterocycles. The summed E-state index contributed by atoms with van der Waals surface area (Å²) < 4.78 is 4.95. The highest BCUT2D eigenvalue weighted by Crippen LogP contribution is 2.08. The van der Waals surface area contributed by atoms with Crippen LogP contribution < -0.4 is 0 Å². The summed E-state index contributed by atoms with van der Waals surface area (Å²) in [5.74, 6) is -0.224. The van der Waals surface area contributed by atoms with E-state index >= 15 is 0 Å². The minimum atomic E-state index is -0.224. The Labute approximate surface area is 81.0 Å². The lowest BCUT2D eigenvalue weighted by atomic mass is 10.1. The van der Waals surface area contributed by atoms with Gasteiger partial charge in [0.15, 0.2) is 0 Å². The van der Waals surface area contributed by atoms with Crippen molar-refractivity contribution in [3.8, 4) is 0 Å². The molecule has 76 valence electrons. The van der Waals surface area contributed by atoms with Gasteiger partial charge in [-0.05, 0) is 19.3 Å². The van der Waals surface area contributed by atoms with Gasteiger partial charge in [-0.15, -0.1) is 0 Å². The number of rotatable bonds is 7. The molecule has 0 spiro atoms. The van der Waals surface area contributed by atoms with Crippen molar-refractivity contribution in [1.82, 2.24) is 0 Å². The summed E-state index contributed by atoms with van der Waals surface area (Å²) in [7, 11) is 0. The van der Waals surface area contributed by atoms with Crippen LogP contribution in [0.3, 0.4) is 0 Å². The fourth-order valence-corrected chi connectivity index (χ4v) is 0.987. The quantitative estimate of drug-likeness (QED) is 0.345. The molecule has 0 fully saturated rings. The number of carbonyl (C=O) groups excluding carboxylic acids is 1. The normalized spacial score (nSPS) is 9.69. The molecule has 13 heavy (non-hydrogen) atoms. The molecule has 0 aliphatic carbocycles. The van der Waals surface area contributed by atoms with Gasteiger partial charge >= 0.3 is 5.97 Å². The Morgan fingerprint density at radius 2 is 1.92 bits per heavy atom. The summed E-state index contributed by atoms with van der Waals surface area (Å²) in [5, 5.41) is 0. The number of carbonyl (C=O) groups is 1. The van der Waals surface area contributed by atoms with E-state index in [1.165, 1.54) is 0 Å². The molecule has 0 saturated carbocycles. The van der Waals surface area contributed by atoms with Gasteiger partial charge in [0.05, 0.1) is 6.61 Å². The van der Waals surface area contributed by atoms with E-state index in [-0.39, 0.29) is 5.97 Å². The lowest BCUT2D eigenvalue weighted by Gasteiger charge is -2.05. The van der Waals surface area contributed by atoms with Crippen molar-refractivity contribution in [2.45, 2.75) is 46.0 Å². The average Bonchev–Trinajstić information content (AvgIpc) is 2.14. The first-order chi connectivity index (χ1) is 6.22. The molecule has 0 unspecified atom stereocenters. The maximum Gasteiger partial charge on any atom is 0.333 e. The molecule has 0 aliphatic rings. The van der Waals surface area contributed by atoms with Gasteiger partial charge in [-0.3, -0.25) is 0 Å². The summed E-state index contributed by atoms with van der Waals surface area (Å²) in [6.45, 7) is 8.33. The van der Waals surface area contributed by atoms with Crippen molar-refractivity contribution in [3.63, 3.8) is 0 Å². The minimum Gasteiger partial charge on any atom is -0.462 e. The van der Waals surface area contributed by atoms with Gasteiger partial charge in [-0.25, -0.2) is 4.79 Å². The summed E-state index contributed by atoms with van der Waals surface area (Å²) >= 11 is 0. The molecule has 0 rings (SSSR count). The molecule has 0 amide bonds. The Morgan fingerprint density at radius 1 is 1.23 bits per heavy atom. The predicted octanol–water partition coefficient (Wildman–Crippen LogP) is 3.08. The highest BCUT2D eigenvalue weighted by atomic mass is 16.5. The molecule has 0 saturated heterocycles. The van der Waals surface area contributed by atoms with Crippen LogP contribution in [0.1, 0.15) is 46.0 Å². The first-order valence-electron chi connectivity index (χ1n) is 5.07. The van der Waals surface area contributed by atoms with Crippen molar-refractivity contribution >= 4 is 5.97 Å². The van der Waals surface area contributed by atoms with Crippen molar-refractivity contribution in [3.05, 3.63) is 12.2 Å². The van der Waals surface area contributed by atoms with Crippen LogP contribution in [0.25, 0.3) is 0 Å². The Kier molecular flexibility index (Phi) is 7.36. The number of esters is 1. The summed E-state index contributed by atoms with van der Waals surface area (Å²) in [4.78, 5) is 11.2.